The molecule has 5 nitrogen and oxygen atoms in total. The lowest BCUT2D eigenvalue weighted by Crippen LogP contribution is -2.50. The second-order valence-corrected chi connectivity index (χ2v) is 6.76. The van der Waals surface area contributed by atoms with Gasteiger partial charge in [-0.25, -0.2) is 0 Å². The first-order chi connectivity index (χ1) is 12.2. The molecule has 0 bridgehead atoms. The molecule has 0 saturated carbocycles. The average Bonchev–Trinajstić information content (AvgIpc) is 3.29. The van der Waals surface area contributed by atoms with E-state index < -0.39 is 0 Å². The molecule has 132 valence electrons. The molecule has 2 aliphatic rings. The largest absolute Gasteiger partial charge is 0.456 e. The van der Waals surface area contributed by atoms with E-state index in [1.807, 2.05) is 24.0 Å². The number of hydrogen-bond acceptors (Lipinski definition) is 4. The number of carbonyl (C=O) groups is 1. The molecule has 5 heteroatoms. The van der Waals surface area contributed by atoms with Crippen molar-refractivity contribution in [3.05, 3.63) is 59.5 Å². The number of ether oxygens (including phenoxy) is 1. The highest BCUT2D eigenvalue weighted by molar-refractivity contribution is 5.91. The van der Waals surface area contributed by atoms with E-state index in [-0.39, 0.29) is 18.1 Å². The first kappa shape index (κ1) is 16.4. The fourth-order valence-corrected chi connectivity index (χ4v) is 3.78. The molecule has 2 unspecified atom stereocenters. The summed E-state index contributed by atoms with van der Waals surface area (Å²) in [6.07, 6.45) is 0.883. The number of rotatable bonds is 4. The van der Waals surface area contributed by atoms with Crippen LogP contribution in [0.25, 0.3) is 0 Å². The molecule has 0 radical (unpaired) electrons. The van der Waals surface area contributed by atoms with E-state index in [0.717, 1.165) is 31.9 Å². The normalized spacial score (nSPS) is 23.6. The van der Waals surface area contributed by atoms with Gasteiger partial charge in [-0.15, -0.1) is 0 Å². The third-order valence-corrected chi connectivity index (χ3v) is 5.15. The molecule has 0 spiro atoms. The molecule has 2 aliphatic heterocycles. The lowest BCUT2D eigenvalue weighted by Gasteiger charge is -2.36. The highest BCUT2D eigenvalue weighted by atomic mass is 16.5. The number of morpholine rings is 1. The van der Waals surface area contributed by atoms with Crippen LogP contribution >= 0.6 is 0 Å². The van der Waals surface area contributed by atoms with Gasteiger partial charge in [0, 0.05) is 32.6 Å². The van der Waals surface area contributed by atoms with Gasteiger partial charge in [-0.1, -0.05) is 37.3 Å². The van der Waals surface area contributed by atoms with Crippen LogP contribution in [-0.4, -0.2) is 54.1 Å². The summed E-state index contributed by atoms with van der Waals surface area (Å²) in [4.78, 5) is 17.1. The van der Waals surface area contributed by atoms with Crippen molar-refractivity contribution in [1.82, 2.24) is 9.80 Å². The van der Waals surface area contributed by atoms with Crippen molar-refractivity contribution in [3.63, 3.8) is 0 Å². The summed E-state index contributed by atoms with van der Waals surface area (Å²) in [6, 6.07) is 14.4. The summed E-state index contributed by atoms with van der Waals surface area (Å²) in [7, 11) is 0. The molecule has 1 amide bonds. The third kappa shape index (κ3) is 3.34. The summed E-state index contributed by atoms with van der Waals surface area (Å²) in [5.74, 6) is 1.25. The van der Waals surface area contributed by atoms with E-state index in [1.165, 1.54) is 5.56 Å². The molecular weight excluding hydrogens is 316 g/mol. The standard InChI is InChI=1S/C20H24N2O3/c1-2-16-8-9-18(25-16)20(23)22-13-17-19(14-22)24-11-10-21(17)12-15-6-4-3-5-7-15/h3-9,17,19H,2,10-14H2,1H3. The van der Waals surface area contributed by atoms with Crippen LogP contribution in [0.4, 0.5) is 0 Å². The van der Waals surface area contributed by atoms with Gasteiger partial charge >= 0.3 is 0 Å². The zero-order valence-corrected chi connectivity index (χ0v) is 14.6. The maximum atomic E-state index is 12.7. The quantitative estimate of drug-likeness (QED) is 0.858. The van der Waals surface area contributed by atoms with Gasteiger partial charge in [0.15, 0.2) is 5.76 Å². The van der Waals surface area contributed by atoms with E-state index in [1.54, 1.807) is 6.07 Å². The molecule has 0 aliphatic carbocycles. The number of aryl methyl sites for hydroxylation is 1. The van der Waals surface area contributed by atoms with Crippen LogP contribution in [0.1, 0.15) is 28.8 Å². The lowest BCUT2D eigenvalue weighted by molar-refractivity contribution is -0.0503. The molecule has 25 heavy (non-hydrogen) atoms. The molecule has 2 aromatic rings. The number of carbonyl (C=O) groups excluding carboxylic acids is 1. The highest BCUT2D eigenvalue weighted by Gasteiger charge is 2.42. The minimum Gasteiger partial charge on any atom is -0.456 e. The van der Waals surface area contributed by atoms with Gasteiger partial charge in [-0.3, -0.25) is 9.69 Å². The zero-order chi connectivity index (χ0) is 17.2. The van der Waals surface area contributed by atoms with Crippen LogP contribution in [0.2, 0.25) is 0 Å². The Balaban J connectivity index is 1.46. The minimum absolute atomic E-state index is 0.0302. The average molecular weight is 340 g/mol. The van der Waals surface area contributed by atoms with Crippen molar-refractivity contribution in [1.29, 1.82) is 0 Å². The summed E-state index contributed by atoms with van der Waals surface area (Å²) in [5, 5.41) is 0. The Morgan fingerprint density at radius 2 is 2.00 bits per heavy atom. The van der Waals surface area contributed by atoms with Crippen molar-refractivity contribution in [2.24, 2.45) is 0 Å². The van der Waals surface area contributed by atoms with Crippen molar-refractivity contribution >= 4 is 5.91 Å². The van der Waals surface area contributed by atoms with E-state index in [4.69, 9.17) is 9.15 Å². The first-order valence-corrected chi connectivity index (χ1v) is 9.02. The van der Waals surface area contributed by atoms with Gasteiger partial charge in [0.25, 0.3) is 5.91 Å². The number of nitrogens with zero attached hydrogens (tertiary/aromatic N) is 2. The monoisotopic (exact) mass is 340 g/mol. The Morgan fingerprint density at radius 3 is 2.76 bits per heavy atom. The van der Waals surface area contributed by atoms with Crippen LogP contribution in [0, 0.1) is 0 Å². The maximum absolute atomic E-state index is 12.7. The maximum Gasteiger partial charge on any atom is 0.289 e. The number of hydrogen-bond donors (Lipinski definition) is 0. The van der Waals surface area contributed by atoms with Crippen molar-refractivity contribution in [2.45, 2.75) is 32.0 Å². The number of furan rings is 1. The molecule has 1 aromatic carbocycles. The van der Waals surface area contributed by atoms with Crippen LogP contribution in [0.3, 0.4) is 0 Å². The molecule has 4 rings (SSSR count). The number of likely N-dealkylation sites (tertiary alicyclic amines) is 1. The SMILES string of the molecule is CCc1ccc(C(=O)N2CC3OCCN(Cc4ccccc4)C3C2)o1. The molecular formula is C20H24N2O3. The smallest absolute Gasteiger partial charge is 0.289 e. The van der Waals surface area contributed by atoms with E-state index in [9.17, 15) is 4.79 Å². The lowest BCUT2D eigenvalue weighted by atomic mass is 10.1. The Kier molecular flexibility index (Phi) is 4.59. The Hall–Kier alpha value is -2.11. The van der Waals surface area contributed by atoms with Crippen LogP contribution in [0.15, 0.2) is 46.9 Å². The molecule has 2 fully saturated rings. The summed E-state index contributed by atoms with van der Waals surface area (Å²) >= 11 is 0. The first-order valence-electron chi connectivity index (χ1n) is 9.02. The fraction of sp³-hybridized carbons (Fsp3) is 0.450. The molecule has 3 heterocycles. The second kappa shape index (κ2) is 7.02. The van der Waals surface area contributed by atoms with Crippen LogP contribution in [-0.2, 0) is 17.7 Å². The summed E-state index contributed by atoms with van der Waals surface area (Å²) in [6.45, 7) is 5.87. The fourth-order valence-electron chi connectivity index (χ4n) is 3.78. The van der Waals surface area contributed by atoms with Crippen LogP contribution in [0.5, 0.6) is 0 Å². The highest BCUT2D eigenvalue weighted by Crippen LogP contribution is 2.26. The van der Waals surface area contributed by atoms with Crippen molar-refractivity contribution in [2.75, 3.05) is 26.2 Å². The van der Waals surface area contributed by atoms with Crippen molar-refractivity contribution in [3.8, 4) is 0 Å². The molecule has 2 atom stereocenters. The summed E-state index contributed by atoms with van der Waals surface area (Å²) < 4.78 is 11.6. The Morgan fingerprint density at radius 1 is 1.16 bits per heavy atom. The van der Waals surface area contributed by atoms with E-state index in [2.05, 4.69) is 29.2 Å². The second-order valence-electron chi connectivity index (χ2n) is 6.76. The Bertz CT molecular complexity index is 728. The number of fused-ring (bicyclic) bond motifs is 1. The Labute approximate surface area is 148 Å². The van der Waals surface area contributed by atoms with Gasteiger partial charge < -0.3 is 14.1 Å². The number of amides is 1. The van der Waals surface area contributed by atoms with Gasteiger partial charge in [0.1, 0.15) is 5.76 Å². The molecule has 0 N–H and O–H groups in total. The topological polar surface area (TPSA) is 45.9 Å². The van der Waals surface area contributed by atoms with Gasteiger partial charge in [0.05, 0.1) is 18.8 Å². The molecule has 1 aromatic heterocycles. The van der Waals surface area contributed by atoms with Gasteiger partial charge in [-0.2, -0.15) is 0 Å². The van der Waals surface area contributed by atoms with E-state index in [0.29, 0.717) is 18.8 Å². The minimum atomic E-state index is -0.0302. The predicted molar refractivity (Wildman–Crippen MR) is 94.4 cm³/mol. The van der Waals surface area contributed by atoms with Gasteiger partial charge in [0.2, 0.25) is 0 Å². The molecule has 2 saturated heterocycles. The third-order valence-electron chi connectivity index (χ3n) is 5.15. The zero-order valence-electron chi connectivity index (χ0n) is 14.6. The number of benzene rings is 1. The van der Waals surface area contributed by atoms with Crippen LogP contribution < -0.4 is 0 Å². The van der Waals surface area contributed by atoms with Crippen molar-refractivity contribution < 1.29 is 13.9 Å². The van der Waals surface area contributed by atoms with Gasteiger partial charge in [-0.05, 0) is 17.7 Å². The predicted octanol–water partition coefficient (Wildman–Crippen LogP) is 2.57. The van der Waals surface area contributed by atoms with E-state index >= 15 is 0 Å². The summed E-state index contributed by atoms with van der Waals surface area (Å²) in [5.41, 5.74) is 1.30.